The third-order valence-corrected chi connectivity index (χ3v) is 5.91. The number of hydrogen-bond acceptors (Lipinski definition) is 1. The van der Waals surface area contributed by atoms with Crippen LogP contribution < -0.4 is 0 Å². The molecule has 2 aliphatic carbocycles. The van der Waals surface area contributed by atoms with E-state index in [1.807, 2.05) is 6.20 Å². The minimum atomic E-state index is 0.738. The standard InChI is InChI=1S/C21H33N/c1-3-7-12-18(13-8-4-1)20-16-11-17-22-21(20)19-14-9-5-2-6-10-15-19/h11,16-19H,1-10,12-15H2. The van der Waals surface area contributed by atoms with E-state index in [0.29, 0.717) is 0 Å². The number of pyridine rings is 1. The van der Waals surface area contributed by atoms with E-state index >= 15 is 0 Å². The zero-order chi connectivity index (χ0) is 15.0. The van der Waals surface area contributed by atoms with Gasteiger partial charge in [0, 0.05) is 17.8 Å². The van der Waals surface area contributed by atoms with Crippen molar-refractivity contribution in [2.24, 2.45) is 0 Å². The molecule has 1 heteroatoms. The molecule has 0 unspecified atom stereocenters. The molecule has 1 nitrogen and oxygen atoms in total. The Bertz CT molecular complexity index is 382. The van der Waals surface area contributed by atoms with Gasteiger partial charge in [0.25, 0.3) is 0 Å². The van der Waals surface area contributed by atoms with E-state index in [1.54, 1.807) is 5.56 Å². The highest BCUT2D eigenvalue weighted by atomic mass is 14.7. The van der Waals surface area contributed by atoms with Crippen molar-refractivity contribution < 1.29 is 0 Å². The van der Waals surface area contributed by atoms with Crippen molar-refractivity contribution >= 4 is 0 Å². The summed E-state index contributed by atoms with van der Waals surface area (Å²) in [6.07, 6.45) is 21.9. The van der Waals surface area contributed by atoms with E-state index in [1.165, 1.54) is 95.6 Å². The van der Waals surface area contributed by atoms with Crippen molar-refractivity contribution in [3.8, 4) is 0 Å². The molecule has 3 rings (SSSR count). The van der Waals surface area contributed by atoms with Crippen LogP contribution in [0.15, 0.2) is 18.3 Å². The summed E-state index contributed by atoms with van der Waals surface area (Å²) in [5.41, 5.74) is 3.10. The molecule has 2 fully saturated rings. The lowest BCUT2D eigenvalue weighted by molar-refractivity contribution is 0.428. The van der Waals surface area contributed by atoms with Crippen LogP contribution in [0.5, 0.6) is 0 Å². The second-order valence-electron chi connectivity index (χ2n) is 7.56. The average Bonchev–Trinajstić information content (AvgIpc) is 2.47. The minimum absolute atomic E-state index is 0.738. The van der Waals surface area contributed by atoms with Crippen molar-refractivity contribution in [3.05, 3.63) is 29.6 Å². The lowest BCUT2D eigenvalue weighted by Crippen LogP contribution is -2.12. The summed E-state index contributed by atoms with van der Waals surface area (Å²) in [4.78, 5) is 4.90. The van der Waals surface area contributed by atoms with Gasteiger partial charge in [0.05, 0.1) is 0 Å². The first-order valence-electron chi connectivity index (χ1n) is 9.90. The van der Waals surface area contributed by atoms with E-state index in [0.717, 1.165) is 11.8 Å². The van der Waals surface area contributed by atoms with Gasteiger partial charge in [0.15, 0.2) is 0 Å². The van der Waals surface area contributed by atoms with Gasteiger partial charge in [-0.3, -0.25) is 4.98 Å². The van der Waals surface area contributed by atoms with Crippen LogP contribution in [0.3, 0.4) is 0 Å². The summed E-state index contributed by atoms with van der Waals surface area (Å²) in [6, 6.07) is 4.59. The van der Waals surface area contributed by atoms with Crippen LogP contribution in [0.2, 0.25) is 0 Å². The molecular weight excluding hydrogens is 266 g/mol. The third-order valence-electron chi connectivity index (χ3n) is 5.91. The first kappa shape index (κ1) is 16.0. The van der Waals surface area contributed by atoms with Crippen LogP contribution in [-0.2, 0) is 0 Å². The molecule has 0 spiro atoms. The van der Waals surface area contributed by atoms with Crippen molar-refractivity contribution in [1.82, 2.24) is 4.98 Å². The normalized spacial score (nSPS) is 23.3. The molecule has 0 saturated heterocycles. The Morgan fingerprint density at radius 1 is 0.636 bits per heavy atom. The number of aromatic nitrogens is 1. The fourth-order valence-electron chi connectivity index (χ4n) is 4.61. The van der Waals surface area contributed by atoms with Gasteiger partial charge >= 0.3 is 0 Å². The highest BCUT2D eigenvalue weighted by Gasteiger charge is 2.22. The molecule has 1 heterocycles. The monoisotopic (exact) mass is 299 g/mol. The van der Waals surface area contributed by atoms with Gasteiger partial charge in [-0.05, 0) is 43.2 Å². The molecule has 0 aliphatic heterocycles. The maximum atomic E-state index is 4.90. The largest absolute Gasteiger partial charge is 0.261 e. The molecule has 2 saturated carbocycles. The van der Waals surface area contributed by atoms with Gasteiger partial charge in [-0.1, -0.05) is 70.3 Å². The van der Waals surface area contributed by atoms with Gasteiger partial charge in [-0.25, -0.2) is 0 Å². The zero-order valence-corrected chi connectivity index (χ0v) is 14.2. The quantitative estimate of drug-likeness (QED) is 0.589. The van der Waals surface area contributed by atoms with Crippen molar-refractivity contribution in [2.45, 2.75) is 102 Å². The SMILES string of the molecule is c1cnc(C2CCCCCCC2)c(C2CCCCCCC2)c1. The molecule has 1 aromatic rings. The number of rotatable bonds is 2. The fourth-order valence-corrected chi connectivity index (χ4v) is 4.61. The average molecular weight is 300 g/mol. The smallest absolute Gasteiger partial charge is 0.0469 e. The molecule has 0 atom stereocenters. The van der Waals surface area contributed by atoms with Crippen LogP contribution in [0, 0.1) is 0 Å². The number of nitrogens with zero attached hydrogens (tertiary/aromatic N) is 1. The zero-order valence-electron chi connectivity index (χ0n) is 14.2. The summed E-state index contributed by atoms with van der Waals surface area (Å²) < 4.78 is 0. The molecule has 122 valence electrons. The van der Waals surface area contributed by atoms with Crippen LogP contribution in [0.4, 0.5) is 0 Å². The summed E-state index contributed by atoms with van der Waals surface area (Å²) in [5.74, 6) is 1.52. The van der Waals surface area contributed by atoms with Gasteiger partial charge < -0.3 is 0 Å². The lowest BCUT2D eigenvalue weighted by atomic mass is 9.80. The Hall–Kier alpha value is -0.850. The summed E-state index contributed by atoms with van der Waals surface area (Å²) in [6.45, 7) is 0. The Morgan fingerprint density at radius 2 is 1.14 bits per heavy atom. The molecular formula is C21H33N. The first-order valence-corrected chi connectivity index (χ1v) is 9.90. The minimum Gasteiger partial charge on any atom is -0.261 e. The Kier molecular flexibility index (Phi) is 6.33. The maximum absolute atomic E-state index is 4.90. The predicted octanol–water partition coefficient (Wildman–Crippen LogP) is 6.74. The second kappa shape index (κ2) is 8.70. The van der Waals surface area contributed by atoms with Gasteiger partial charge in [-0.15, -0.1) is 0 Å². The second-order valence-corrected chi connectivity index (χ2v) is 7.56. The lowest BCUT2D eigenvalue weighted by Gasteiger charge is -2.26. The molecule has 22 heavy (non-hydrogen) atoms. The van der Waals surface area contributed by atoms with E-state index in [9.17, 15) is 0 Å². The van der Waals surface area contributed by atoms with Crippen LogP contribution in [0.1, 0.15) is 113 Å². The Balaban J connectivity index is 1.78. The Labute approximate surface area is 136 Å². The van der Waals surface area contributed by atoms with Crippen molar-refractivity contribution in [3.63, 3.8) is 0 Å². The van der Waals surface area contributed by atoms with Crippen LogP contribution in [0.25, 0.3) is 0 Å². The molecule has 2 aliphatic rings. The molecule has 0 radical (unpaired) electrons. The summed E-state index contributed by atoms with van der Waals surface area (Å²) in [7, 11) is 0. The van der Waals surface area contributed by atoms with E-state index in [-0.39, 0.29) is 0 Å². The molecule has 0 aromatic carbocycles. The van der Waals surface area contributed by atoms with E-state index in [4.69, 9.17) is 4.98 Å². The molecule has 1 aromatic heterocycles. The van der Waals surface area contributed by atoms with Crippen LogP contribution >= 0.6 is 0 Å². The van der Waals surface area contributed by atoms with Crippen LogP contribution in [-0.4, -0.2) is 4.98 Å². The topological polar surface area (TPSA) is 12.9 Å². The maximum Gasteiger partial charge on any atom is 0.0469 e. The summed E-state index contributed by atoms with van der Waals surface area (Å²) >= 11 is 0. The highest BCUT2D eigenvalue weighted by molar-refractivity contribution is 5.27. The highest BCUT2D eigenvalue weighted by Crippen LogP contribution is 2.38. The van der Waals surface area contributed by atoms with Gasteiger partial charge in [0.1, 0.15) is 0 Å². The summed E-state index contributed by atoms with van der Waals surface area (Å²) in [5, 5.41) is 0. The van der Waals surface area contributed by atoms with Gasteiger partial charge in [-0.2, -0.15) is 0 Å². The van der Waals surface area contributed by atoms with Gasteiger partial charge in [0.2, 0.25) is 0 Å². The fraction of sp³-hybridized carbons (Fsp3) is 0.762. The third kappa shape index (κ3) is 4.33. The predicted molar refractivity (Wildman–Crippen MR) is 94.4 cm³/mol. The number of hydrogen-bond donors (Lipinski definition) is 0. The molecule has 0 N–H and O–H groups in total. The molecule has 0 bridgehead atoms. The van der Waals surface area contributed by atoms with Crippen molar-refractivity contribution in [1.29, 1.82) is 0 Å². The first-order chi connectivity index (χ1) is 10.9. The van der Waals surface area contributed by atoms with Crippen molar-refractivity contribution in [2.75, 3.05) is 0 Å². The Morgan fingerprint density at radius 3 is 1.73 bits per heavy atom. The van der Waals surface area contributed by atoms with E-state index < -0.39 is 0 Å². The van der Waals surface area contributed by atoms with E-state index in [2.05, 4.69) is 12.1 Å². The molecule has 0 amide bonds.